The summed E-state index contributed by atoms with van der Waals surface area (Å²) in [6.07, 6.45) is 4.23. The van der Waals surface area contributed by atoms with Gasteiger partial charge in [-0.1, -0.05) is 0 Å². The fraction of sp³-hybridized carbons (Fsp3) is 1.00. The molecule has 0 aromatic rings. The average Bonchev–Trinajstić information content (AvgIpc) is 3.11. The van der Waals surface area contributed by atoms with Crippen LogP contribution in [0.2, 0.25) is 0 Å². The first-order valence-electron chi connectivity index (χ1n) is 5.89. The minimum atomic E-state index is -3.38. The number of aliphatic hydroxyl groups excluding tert-OH is 2. The van der Waals surface area contributed by atoms with Crippen LogP contribution in [0.5, 0.6) is 0 Å². The van der Waals surface area contributed by atoms with Crippen molar-refractivity contribution < 1.29 is 23.8 Å². The molecule has 0 saturated heterocycles. The Balaban J connectivity index is 1.90. The van der Waals surface area contributed by atoms with Crippen LogP contribution in [0.15, 0.2) is 0 Å². The normalized spacial score (nSPS) is 23.4. The molecular weight excluding hydrogens is 231 g/mol. The van der Waals surface area contributed by atoms with E-state index in [1.807, 2.05) is 0 Å². The highest BCUT2D eigenvalue weighted by atomic mass is 31.2. The maximum absolute atomic E-state index is 12.3. The molecule has 1 atom stereocenters. The summed E-state index contributed by atoms with van der Waals surface area (Å²) in [6, 6.07) is 0. The van der Waals surface area contributed by atoms with Crippen LogP contribution in [0.1, 0.15) is 38.5 Å². The monoisotopic (exact) mass is 250 g/mol. The molecule has 0 aromatic carbocycles. The molecule has 6 heteroatoms. The molecule has 2 saturated carbocycles. The minimum Gasteiger partial charge on any atom is -0.396 e. The summed E-state index contributed by atoms with van der Waals surface area (Å²) >= 11 is 0. The van der Waals surface area contributed by atoms with E-state index in [-0.39, 0.29) is 25.2 Å². The predicted molar refractivity (Wildman–Crippen MR) is 58.1 cm³/mol. The Morgan fingerprint density at radius 3 is 2.06 bits per heavy atom. The van der Waals surface area contributed by atoms with E-state index < -0.39 is 13.4 Å². The zero-order chi connectivity index (χ0) is 11.6. The molecule has 0 aliphatic heterocycles. The van der Waals surface area contributed by atoms with Crippen LogP contribution >= 0.6 is 7.60 Å². The summed E-state index contributed by atoms with van der Waals surface area (Å²) in [4.78, 5) is 0. The maximum Gasteiger partial charge on any atom is 0.359 e. The topological polar surface area (TPSA) is 76.0 Å². The van der Waals surface area contributed by atoms with Crippen LogP contribution in [0.3, 0.4) is 0 Å². The average molecular weight is 250 g/mol. The van der Waals surface area contributed by atoms with Gasteiger partial charge in [0.1, 0.15) is 0 Å². The number of hydrogen-bond acceptors (Lipinski definition) is 5. The molecule has 0 bridgehead atoms. The molecule has 0 heterocycles. The molecule has 2 aliphatic carbocycles. The van der Waals surface area contributed by atoms with Crippen molar-refractivity contribution in [3.63, 3.8) is 0 Å². The number of hydrogen-bond donors (Lipinski definition) is 2. The van der Waals surface area contributed by atoms with E-state index in [1.165, 1.54) is 0 Å². The third-order valence-corrected chi connectivity index (χ3v) is 4.80. The lowest BCUT2D eigenvalue weighted by Crippen LogP contribution is -2.14. The van der Waals surface area contributed by atoms with Crippen molar-refractivity contribution in [1.82, 2.24) is 0 Å². The largest absolute Gasteiger partial charge is 0.396 e. The third kappa shape index (κ3) is 3.54. The Bertz CT molecular complexity index is 256. The zero-order valence-corrected chi connectivity index (χ0v) is 10.1. The first kappa shape index (κ1) is 12.5. The number of aliphatic hydroxyl groups is 2. The van der Waals surface area contributed by atoms with E-state index in [9.17, 15) is 9.67 Å². The van der Waals surface area contributed by atoms with Crippen LogP contribution in [-0.2, 0) is 13.6 Å². The maximum atomic E-state index is 12.3. The van der Waals surface area contributed by atoms with Crippen molar-refractivity contribution in [2.75, 3.05) is 6.61 Å². The lowest BCUT2D eigenvalue weighted by atomic mass is 10.3. The summed E-state index contributed by atoms with van der Waals surface area (Å²) in [7, 11) is -3.38. The van der Waals surface area contributed by atoms with E-state index in [0.29, 0.717) is 6.42 Å². The quantitative estimate of drug-likeness (QED) is 0.640. The second-order valence-corrected chi connectivity index (χ2v) is 6.59. The molecule has 2 aliphatic rings. The highest BCUT2D eigenvalue weighted by Crippen LogP contribution is 2.60. The Kier molecular flexibility index (Phi) is 4.03. The highest BCUT2D eigenvalue weighted by molar-refractivity contribution is 7.54. The zero-order valence-electron chi connectivity index (χ0n) is 9.25. The van der Waals surface area contributed by atoms with Gasteiger partial charge in [-0.2, -0.15) is 0 Å². The van der Waals surface area contributed by atoms with E-state index >= 15 is 0 Å². The molecule has 0 radical (unpaired) electrons. The van der Waals surface area contributed by atoms with Crippen LogP contribution in [0.4, 0.5) is 0 Å². The van der Waals surface area contributed by atoms with Crippen molar-refractivity contribution >= 4 is 7.60 Å². The molecule has 0 amide bonds. The molecule has 94 valence electrons. The summed E-state index contributed by atoms with van der Waals surface area (Å²) < 4.78 is 23.1. The van der Waals surface area contributed by atoms with Gasteiger partial charge in [0.05, 0.1) is 12.2 Å². The van der Waals surface area contributed by atoms with Crippen LogP contribution in [-0.4, -0.2) is 34.9 Å². The summed E-state index contributed by atoms with van der Waals surface area (Å²) in [5.74, 6) is -1.10. The Labute approximate surface area is 95.3 Å². The molecule has 5 nitrogen and oxygen atoms in total. The highest BCUT2D eigenvalue weighted by Gasteiger charge is 2.44. The van der Waals surface area contributed by atoms with E-state index in [1.54, 1.807) is 0 Å². The predicted octanol–water partition coefficient (Wildman–Crippen LogP) is 1.63. The summed E-state index contributed by atoms with van der Waals surface area (Å²) in [5.41, 5.74) is 0. The van der Waals surface area contributed by atoms with Gasteiger partial charge in [-0.05, 0) is 38.5 Å². The van der Waals surface area contributed by atoms with Crippen molar-refractivity contribution in [2.45, 2.75) is 56.6 Å². The standard InChI is InChI=1S/C10H19O5P/c11-7-1-2-10(12)16(13,14-8-3-4-8)15-9-5-6-9/h8-12H,1-7H2. The van der Waals surface area contributed by atoms with Crippen LogP contribution < -0.4 is 0 Å². The molecule has 0 spiro atoms. The molecule has 2 rings (SSSR count). The van der Waals surface area contributed by atoms with Crippen molar-refractivity contribution in [3.8, 4) is 0 Å². The summed E-state index contributed by atoms with van der Waals surface area (Å²) in [5, 5.41) is 18.5. The molecule has 2 fully saturated rings. The van der Waals surface area contributed by atoms with Crippen LogP contribution in [0.25, 0.3) is 0 Å². The molecular formula is C10H19O5P. The number of rotatable bonds is 8. The Hall–Kier alpha value is 0.0700. The second kappa shape index (κ2) is 5.15. The van der Waals surface area contributed by atoms with Gasteiger partial charge in [0.2, 0.25) is 0 Å². The van der Waals surface area contributed by atoms with E-state index in [2.05, 4.69) is 0 Å². The first-order chi connectivity index (χ1) is 7.64. The van der Waals surface area contributed by atoms with Gasteiger partial charge in [0, 0.05) is 6.61 Å². The lowest BCUT2D eigenvalue weighted by molar-refractivity contribution is 0.122. The fourth-order valence-electron chi connectivity index (χ4n) is 1.36. The van der Waals surface area contributed by atoms with E-state index in [0.717, 1.165) is 25.7 Å². The van der Waals surface area contributed by atoms with Gasteiger partial charge in [-0.25, -0.2) is 0 Å². The minimum absolute atomic E-state index is 0.00615. The lowest BCUT2D eigenvalue weighted by Gasteiger charge is -2.23. The molecule has 0 aromatic heterocycles. The third-order valence-electron chi connectivity index (χ3n) is 2.63. The van der Waals surface area contributed by atoms with Gasteiger partial charge in [-0.15, -0.1) is 0 Å². The van der Waals surface area contributed by atoms with Gasteiger partial charge in [0.15, 0.2) is 5.85 Å². The van der Waals surface area contributed by atoms with Gasteiger partial charge in [0.25, 0.3) is 0 Å². The molecule has 16 heavy (non-hydrogen) atoms. The Morgan fingerprint density at radius 2 is 1.69 bits per heavy atom. The summed E-state index contributed by atoms with van der Waals surface area (Å²) in [6.45, 7) is -0.0239. The van der Waals surface area contributed by atoms with Crippen molar-refractivity contribution in [2.24, 2.45) is 0 Å². The van der Waals surface area contributed by atoms with E-state index in [4.69, 9.17) is 14.2 Å². The van der Waals surface area contributed by atoms with Gasteiger partial charge in [-0.3, -0.25) is 4.57 Å². The Morgan fingerprint density at radius 1 is 1.19 bits per heavy atom. The fourth-order valence-corrected chi connectivity index (χ4v) is 3.44. The SMILES string of the molecule is O=P(OC1CC1)(OC1CC1)C(O)CCCO. The van der Waals surface area contributed by atoms with Crippen molar-refractivity contribution in [1.29, 1.82) is 0 Å². The van der Waals surface area contributed by atoms with Crippen LogP contribution in [0, 0.1) is 0 Å². The first-order valence-corrected chi connectivity index (χ1v) is 7.50. The second-order valence-electron chi connectivity index (χ2n) is 4.50. The molecule has 2 N–H and O–H groups in total. The smallest absolute Gasteiger partial charge is 0.359 e. The van der Waals surface area contributed by atoms with Gasteiger partial charge >= 0.3 is 7.60 Å². The van der Waals surface area contributed by atoms with Gasteiger partial charge < -0.3 is 19.3 Å². The molecule has 1 unspecified atom stereocenters. The van der Waals surface area contributed by atoms with Crippen molar-refractivity contribution in [3.05, 3.63) is 0 Å².